The maximum Gasteiger partial charge on any atom is 0.261 e. The van der Waals surface area contributed by atoms with E-state index in [9.17, 15) is 9.59 Å². The number of amides is 2. The Bertz CT molecular complexity index is 934. The predicted molar refractivity (Wildman–Crippen MR) is 112 cm³/mol. The van der Waals surface area contributed by atoms with Gasteiger partial charge in [-0.2, -0.15) is 0 Å². The van der Waals surface area contributed by atoms with E-state index in [0.29, 0.717) is 31.2 Å². The summed E-state index contributed by atoms with van der Waals surface area (Å²) in [7, 11) is 1.84. The lowest BCUT2D eigenvalue weighted by Gasteiger charge is -2.30. The summed E-state index contributed by atoms with van der Waals surface area (Å²) in [4.78, 5) is 37.9. The average molecular weight is 409 g/mol. The van der Waals surface area contributed by atoms with Gasteiger partial charge in [-0.25, -0.2) is 9.97 Å². The summed E-state index contributed by atoms with van der Waals surface area (Å²) < 4.78 is 5.65. The van der Waals surface area contributed by atoms with Gasteiger partial charge in [0.1, 0.15) is 11.6 Å². The summed E-state index contributed by atoms with van der Waals surface area (Å²) in [5.41, 5.74) is 1.92. The molecule has 8 heteroatoms. The molecule has 0 spiro atoms. The lowest BCUT2D eigenvalue weighted by atomic mass is 10.0. The minimum Gasteiger partial charge on any atom is -0.484 e. The Labute approximate surface area is 176 Å². The first-order valence-corrected chi connectivity index (χ1v) is 10.4. The molecular formula is C22H27N5O3. The molecule has 3 heterocycles. The van der Waals surface area contributed by atoms with Crippen LogP contribution in [0.4, 0.5) is 5.82 Å². The summed E-state index contributed by atoms with van der Waals surface area (Å²) in [6, 6.07) is 9.15. The molecule has 0 aliphatic carbocycles. The predicted octanol–water partition coefficient (Wildman–Crippen LogP) is 2.17. The van der Waals surface area contributed by atoms with Crippen LogP contribution in [0.25, 0.3) is 0 Å². The van der Waals surface area contributed by atoms with Gasteiger partial charge >= 0.3 is 0 Å². The van der Waals surface area contributed by atoms with E-state index < -0.39 is 0 Å². The second kappa shape index (κ2) is 8.69. The number of fused-ring (bicyclic) bond motifs is 1. The first-order valence-electron chi connectivity index (χ1n) is 10.4. The smallest absolute Gasteiger partial charge is 0.261 e. The third-order valence-electron chi connectivity index (χ3n) is 5.74. The fourth-order valence-electron chi connectivity index (χ4n) is 4.15. The van der Waals surface area contributed by atoms with Crippen LogP contribution < -0.4 is 10.1 Å². The molecule has 1 saturated heterocycles. The highest BCUT2D eigenvalue weighted by atomic mass is 16.5. The van der Waals surface area contributed by atoms with Crippen molar-refractivity contribution in [3.05, 3.63) is 47.4 Å². The lowest BCUT2D eigenvalue weighted by Crippen LogP contribution is -2.37. The number of nitrogens with zero attached hydrogens (tertiary/aromatic N) is 4. The van der Waals surface area contributed by atoms with E-state index in [1.54, 1.807) is 11.8 Å². The number of likely N-dealkylation sites (tertiary alicyclic amines) is 1. The van der Waals surface area contributed by atoms with Gasteiger partial charge in [-0.05, 0) is 31.4 Å². The van der Waals surface area contributed by atoms with E-state index in [2.05, 4.69) is 5.32 Å². The summed E-state index contributed by atoms with van der Waals surface area (Å²) in [5, 5.41) is 3.17. The average Bonchev–Trinajstić information content (AvgIpc) is 3.27. The Morgan fingerprint density at radius 2 is 2.00 bits per heavy atom. The number of para-hydroxylation sites is 1. The third kappa shape index (κ3) is 4.08. The minimum absolute atomic E-state index is 0.0115. The highest BCUT2D eigenvalue weighted by Gasteiger charge is 2.34. The summed E-state index contributed by atoms with van der Waals surface area (Å²) >= 11 is 0. The van der Waals surface area contributed by atoms with Crippen molar-refractivity contribution in [1.29, 1.82) is 0 Å². The molecule has 0 radical (unpaired) electrons. The van der Waals surface area contributed by atoms with Gasteiger partial charge in [-0.3, -0.25) is 9.59 Å². The molecule has 2 aliphatic rings. The fourth-order valence-corrected chi connectivity index (χ4v) is 4.15. The number of rotatable bonds is 5. The second-order valence-electron chi connectivity index (χ2n) is 7.64. The Kier molecular flexibility index (Phi) is 5.83. The normalized spacial score (nSPS) is 18.1. The van der Waals surface area contributed by atoms with Crippen LogP contribution in [0.3, 0.4) is 0 Å². The van der Waals surface area contributed by atoms with Crippen LogP contribution in [0.1, 0.15) is 42.9 Å². The number of aromatic nitrogens is 2. The number of carbonyl (C=O) groups excluding carboxylic acids is 2. The lowest BCUT2D eigenvalue weighted by molar-refractivity contribution is -0.134. The summed E-state index contributed by atoms with van der Waals surface area (Å²) in [5.74, 6) is 2.07. The van der Waals surface area contributed by atoms with Crippen LogP contribution in [0.5, 0.6) is 5.75 Å². The van der Waals surface area contributed by atoms with Crippen molar-refractivity contribution in [2.75, 3.05) is 32.1 Å². The van der Waals surface area contributed by atoms with Crippen molar-refractivity contribution in [3.8, 4) is 5.75 Å². The Balaban J connectivity index is 1.54. The molecule has 30 heavy (non-hydrogen) atoms. The molecule has 1 aromatic heterocycles. The quantitative estimate of drug-likeness (QED) is 0.814. The molecule has 158 valence electrons. The minimum atomic E-state index is -0.179. The van der Waals surface area contributed by atoms with Crippen LogP contribution in [-0.4, -0.2) is 58.3 Å². The van der Waals surface area contributed by atoms with E-state index in [1.807, 2.05) is 42.3 Å². The number of ether oxygens (including phenoxy) is 1. The zero-order chi connectivity index (χ0) is 21.1. The maximum atomic E-state index is 12.9. The highest BCUT2D eigenvalue weighted by molar-refractivity contribution is 5.78. The molecule has 1 aromatic carbocycles. The topological polar surface area (TPSA) is 87.7 Å². The van der Waals surface area contributed by atoms with E-state index >= 15 is 0 Å². The number of benzene rings is 1. The fraction of sp³-hybridized carbons (Fsp3) is 0.455. The first-order chi connectivity index (χ1) is 14.6. The molecule has 0 saturated carbocycles. The van der Waals surface area contributed by atoms with Crippen LogP contribution >= 0.6 is 0 Å². The first kappa shape index (κ1) is 20.1. The largest absolute Gasteiger partial charge is 0.484 e. The van der Waals surface area contributed by atoms with Crippen molar-refractivity contribution in [1.82, 2.24) is 19.8 Å². The molecule has 2 aromatic rings. The van der Waals surface area contributed by atoms with Gasteiger partial charge in [0.15, 0.2) is 12.4 Å². The van der Waals surface area contributed by atoms with E-state index in [-0.39, 0.29) is 24.5 Å². The number of nitrogens with one attached hydrogen (secondary N) is 1. The molecule has 8 nitrogen and oxygen atoms in total. The number of carbonyl (C=O) groups is 2. The molecule has 1 fully saturated rings. The van der Waals surface area contributed by atoms with Gasteiger partial charge in [0.2, 0.25) is 5.91 Å². The van der Waals surface area contributed by atoms with Crippen LogP contribution in [0, 0.1) is 0 Å². The van der Waals surface area contributed by atoms with Crippen LogP contribution in [0.15, 0.2) is 30.3 Å². The molecule has 0 bridgehead atoms. The van der Waals surface area contributed by atoms with Gasteiger partial charge in [-0.15, -0.1) is 0 Å². The molecule has 4 rings (SSSR count). The van der Waals surface area contributed by atoms with Gasteiger partial charge in [0.05, 0.1) is 18.3 Å². The maximum absolute atomic E-state index is 12.9. The molecular weight excluding hydrogens is 382 g/mol. The van der Waals surface area contributed by atoms with Crippen molar-refractivity contribution in [3.63, 3.8) is 0 Å². The standard InChI is InChI=1S/C22H27N5O3/c1-15(28)26-12-10-17-18(13-26)24-22(25-21(17)23-2)19-9-6-11-27(19)20(29)14-30-16-7-4-3-5-8-16/h3-5,7-8,19H,6,9-14H2,1-2H3,(H,23,24,25)/t19-/m0/s1. The van der Waals surface area contributed by atoms with E-state index in [0.717, 1.165) is 36.3 Å². The SMILES string of the molecule is CNc1nc([C@@H]2CCCN2C(=O)COc2ccccc2)nc2c1CCN(C(C)=O)C2. The van der Waals surface area contributed by atoms with Gasteiger partial charge in [0.25, 0.3) is 5.91 Å². The molecule has 0 unspecified atom stereocenters. The molecule has 1 atom stereocenters. The molecule has 1 N–H and O–H groups in total. The number of hydrogen-bond acceptors (Lipinski definition) is 6. The van der Waals surface area contributed by atoms with Crippen molar-refractivity contribution < 1.29 is 14.3 Å². The van der Waals surface area contributed by atoms with Crippen LogP contribution in [-0.2, 0) is 22.6 Å². The Hall–Kier alpha value is -3.16. The summed E-state index contributed by atoms with van der Waals surface area (Å²) in [6.07, 6.45) is 2.44. The van der Waals surface area contributed by atoms with Gasteiger partial charge in [0, 0.05) is 32.6 Å². The Morgan fingerprint density at radius 3 is 2.73 bits per heavy atom. The van der Waals surface area contributed by atoms with Crippen molar-refractivity contribution in [2.24, 2.45) is 0 Å². The third-order valence-corrected chi connectivity index (χ3v) is 5.74. The van der Waals surface area contributed by atoms with Crippen molar-refractivity contribution in [2.45, 2.75) is 38.8 Å². The van der Waals surface area contributed by atoms with E-state index in [1.165, 1.54) is 0 Å². The zero-order valence-corrected chi connectivity index (χ0v) is 17.4. The highest BCUT2D eigenvalue weighted by Crippen LogP contribution is 2.33. The Morgan fingerprint density at radius 1 is 1.20 bits per heavy atom. The monoisotopic (exact) mass is 409 g/mol. The number of anilines is 1. The van der Waals surface area contributed by atoms with E-state index in [4.69, 9.17) is 14.7 Å². The zero-order valence-electron chi connectivity index (χ0n) is 17.4. The van der Waals surface area contributed by atoms with Gasteiger partial charge < -0.3 is 19.9 Å². The van der Waals surface area contributed by atoms with Crippen molar-refractivity contribution >= 4 is 17.6 Å². The van der Waals surface area contributed by atoms with Gasteiger partial charge in [-0.1, -0.05) is 18.2 Å². The summed E-state index contributed by atoms with van der Waals surface area (Å²) in [6.45, 7) is 3.38. The second-order valence-corrected chi connectivity index (χ2v) is 7.64. The van der Waals surface area contributed by atoms with Crippen LogP contribution in [0.2, 0.25) is 0 Å². The molecule has 2 aliphatic heterocycles. The number of hydrogen-bond donors (Lipinski definition) is 1. The molecule has 2 amide bonds.